The van der Waals surface area contributed by atoms with Crippen molar-refractivity contribution in [3.8, 4) is 11.5 Å². The Morgan fingerprint density at radius 3 is 1.25 bits per heavy atom. The summed E-state index contributed by atoms with van der Waals surface area (Å²) in [5.41, 5.74) is 2.70. The fourth-order valence-electron chi connectivity index (χ4n) is 2.48. The molecule has 0 N–H and O–H groups in total. The molecule has 4 nitrogen and oxygen atoms in total. The van der Waals surface area contributed by atoms with Crippen molar-refractivity contribution in [2.75, 3.05) is 42.4 Å². The third-order valence-corrected chi connectivity index (χ3v) is 9.51. The number of benzene rings is 2. The molecular weight excluding hydrogens is 531 g/mol. The van der Waals surface area contributed by atoms with Crippen molar-refractivity contribution < 1.29 is 9.47 Å². The number of nitrogens with zero attached hydrogens (tertiary/aromatic N) is 2. The van der Waals surface area contributed by atoms with Gasteiger partial charge in [-0.2, -0.15) is 0 Å². The van der Waals surface area contributed by atoms with Crippen LogP contribution >= 0.6 is 0 Å². The Bertz CT molecular complexity index is 569. The van der Waals surface area contributed by atoms with E-state index in [1.54, 1.807) is 14.2 Å². The monoisotopic (exact) mass is 558 g/mol. The Morgan fingerprint density at radius 1 is 0.625 bits per heavy atom. The fourth-order valence-corrected chi connectivity index (χ4v) is 10.4. The molecule has 0 aromatic heterocycles. The molecule has 1 saturated heterocycles. The average Bonchev–Trinajstić information content (AvgIpc) is 2.62. The van der Waals surface area contributed by atoms with E-state index in [2.05, 4.69) is 58.3 Å². The Morgan fingerprint density at radius 2 is 0.958 bits per heavy atom. The molecule has 2 aromatic carbocycles. The van der Waals surface area contributed by atoms with Crippen LogP contribution in [0.4, 0.5) is 11.4 Å². The van der Waals surface area contributed by atoms with Gasteiger partial charge in [-0.05, 0) is 0 Å². The summed E-state index contributed by atoms with van der Waals surface area (Å²) in [6, 6.07) is 17.1. The molecule has 0 spiro atoms. The normalized spacial score (nSPS) is 15.6. The number of hydrogen-bond acceptors (Lipinski definition) is 4. The number of hydrogen-bond donors (Lipinski definition) is 0. The molecule has 128 valence electrons. The maximum atomic E-state index is 5.26. The maximum absolute atomic E-state index is 5.26. The van der Waals surface area contributed by atoms with Gasteiger partial charge in [0.05, 0.1) is 0 Å². The first kappa shape index (κ1) is 18.0. The van der Waals surface area contributed by atoms with Gasteiger partial charge in [-0.1, -0.05) is 0 Å². The van der Waals surface area contributed by atoms with Crippen molar-refractivity contribution in [3.05, 3.63) is 48.5 Å². The predicted octanol–water partition coefficient (Wildman–Crippen LogP) is 2.27. The van der Waals surface area contributed by atoms with Crippen LogP contribution in [-0.4, -0.2) is 74.4 Å². The van der Waals surface area contributed by atoms with E-state index in [0.29, 0.717) is 0 Å². The summed E-state index contributed by atoms with van der Waals surface area (Å²) in [6.07, 6.45) is 0. The minimum atomic E-state index is -0.0660. The van der Waals surface area contributed by atoms with Gasteiger partial charge in [-0.25, -0.2) is 0 Å². The van der Waals surface area contributed by atoms with E-state index in [9.17, 15) is 0 Å². The van der Waals surface area contributed by atoms with Gasteiger partial charge < -0.3 is 0 Å². The summed E-state index contributed by atoms with van der Waals surface area (Å²) in [5.74, 6) is 1.87. The van der Waals surface area contributed by atoms with Crippen LogP contribution in [0.15, 0.2) is 48.5 Å². The molecule has 0 bridgehead atoms. The molecular formula is C18H22N2O2Te2. The van der Waals surface area contributed by atoms with Gasteiger partial charge in [0.2, 0.25) is 0 Å². The van der Waals surface area contributed by atoms with Crippen LogP contribution in [0.3, 0.4) is 0 Å². The van der Waals surface area contributed by atoms with E-state index in [1.807, 2.05) is 0 Å². The average molecular weight is 554 g/mol. The van der Waals surface area contributed by atoms with Crippen molar-refractivity contribution in [2.45, 2.75) is 0 Å². The molecule has 1 aliphatic heterocycles. The van der Waals surface area contributed by atoms with Crippen molar-refractivity contribution in [2.24, 2.45) is 0 Å². The van der Waals surface area contributed by atoms with Crippen molar-refractivity contribution in [1.82, 2.24) is 0 Å². The summed E-state index contributed by atoms with van der Waals surface area (Å²) >= 11 is -0.132. The second-order valence-corrected chi connectivity index (χ2v) is 10.7. The summed E-state index contributed by atoms with van der Waals surface area (Å²) in [5, 5.41) is 0. The third-order valence-electron chi connectivity index (χ3n) is 3.86. The third kappa shape index (κ3) is 4.64. The first-order valence-electron chi connectivity index (χ1n) is 7.73. The zero-order chi connectivity index (χ0) is 16.8. The molecule has 0 radical (unpaired) electrons. The molecule has 2 aromatic rings. The van der Waals surface area contributed by atoms with E-state index in [0.717, 1.165) is 11.5 Å². The number of rotatable bonds is 4. The molecule has 0 atom stereocenters. The first-order valence-corrected chi connectivity index (χ1v) is 14.3. The van der Waals surface area contributed by atoms with Gasteiger partial charge in [0, 0.05) is 0 Å². The van der Waals surface area contributed by atoms with Crippen molar-refractivity contribution in [1.29, 1.82) is 0 Å². The van der Waals surface area contributed by atoms with Crippen molar-refractivity contribution >= 4 is 53.2 Å². The Kier molecular flexibility index (Phi) is 6.81. The van der Waals surface area contributed by atoms with Crippen LogP contribution in [0.5, 0.6) is 11.5 Å². The summed E-state index contributed by atoms with van der Waals surface area (Å²) < 4.78 is 15.5. The molecule has 1 fully saturated rings. The van der Waals surface area contributed by atoms with Crippen LogP contribution in [0, 0.1) is 0 Å². The van der Waals surface area contributed by atoms with Gasteiger partial charge in [-0.15, -0.1) is 0 Å². The van der Waals surface area contributed by atoms with Crippen LogP contribution in [-0.2, 0) is 0 Å². The molecule has 0 unspecified atom stereocenters. The van der Waals surface area contributed by atoms with Gasteiger partial charge in [0.1, 0.15) is 0 Å². The summed E-state index contributed by atoms with van der Waals surface area (Å²) in [6.45, 7) is 0. The van der Waals surface area contributed by atoms with Crippen LogP contribution in [0.2, 0.25) is 0 Å². The molecule has 0 amide bonds. The topological polar surface area (TPSA) is 24.9 Å². The van der Waals surface area contributed by atoms with Crippen LogP contribution in [0.25, 0.3) is 0 Å². The summed E-state index contributed by atoms with van der Waals surface area (Å²) in [4.78, 5) is 5.19. The van der Waals surface area contributed by atoms with E-state index in [4.69, 9.17) is 9.47 Å². The second-order valence-electron chi connectivity index (χ2n) is 5.40. The van der Waals surface area contributed by atoms with E-state index in [1.165, 1.54) is 29.7 Å². The zero-order valence-corrected chi connectivity index (χ0v) is 18.6. The molecule has 6 heteroatoms. The molecule has 0 saturated carbocycles. The number of anilines is 2. The first-order chi connectivity index (χ1) is 11.8. The Labute approximate surface area is 164 Å². The van der Waals surface area contributed by atoms with Gasteiger partial charge in [0.25, 0.3) is 0 Å². The number of methoxy groups -OCH3 is 2. The molecule has 3 rings (SSSR count). The van der Waals surface area contributed by atoms with E-state index >= 15 is 0 Å². The standard InChI is InChI=1S/C18H22N2O2Te2/c1-21-17-7-3-15(4-8-17)19-11-23-13-20(14-24-12-19)16-5-9-18(22-2)10-6-16/h3-10H,11-14H2,1-2H3. The van der Waals surface area contributed by atoms with E-state index < -0.39 is 0 Å². The molecule has 0 aliphatic carbocycles. The summed E-state index contributed by atoms with van der Waals surface area (Å²) in [7, 11) is 3.44. The molecule has 1 aliphatic rings. The van der Waals surface area contributed by atoms with Crippen LogP contribution < -0.4 is 19.3 Å². The van der Waals surface area contributed by atoms with Gasteiger partial charge in [-0.3, -0.25) is 0 Å². The Hall–Kier alpha value is -0.781. The Balaban J connectivity index is 1.60. The SMILES string of the molecule is COc1ccc(N2C[Te]CN(c3ccc(OC)cc3)C[Te]C2)cc1. The zero-order valence-electron chi connectivity index (χ0n) is 14.0. The molecule has 24 heavy (non-hydrogen) atoms. The number of ether oxygens (including phenoxy) is 2. The van der Waals surface area contributed by atoms with E-state index in [-0.39, 0.29) is 41.8 Å². The minimum absolute atomic E-state index is 0.0660. The quantitative estimate of drug-likeness (QED) is 0.543. The van der Waals surface area contributed by atoms with Crippen LogP contribution in [0.1, 0.15) is 0 Å². The fraction of sp³-hybridized carbons (Fsp3) is 0.333. The van der Waals surface area contributed by atoms with Crippen molar-refractivity contribution in [3.63, 3.8) is 0 Å². The van der Waals surface area contributed by atoms with Gasteiger partial charge >= 0.3 is 165 Å². The second kappa shape index (κ2) is 9.07. The predicted molar refractivity (Wildman–Crippen MR) is 102 cm³/mol. The van der Waals surface area contributed by atoms with Gasteiger partial charge in [0.15, 0.2) is 0 Å². The molecule has 1 heterocycles.